The number of hydrogen-bond donors (Lipinski definition) is 2. The highest BCUT2D eigenvalue weighted by Gasteiger charge is 2.29. The molecule has 4 nitrogen and oxygen atoms in total. The number of ketones is 1. The zero-order chi connectivity index (χ0) is 11.3. The number of rotatable bonds is 6. The Balaban J connectivity index is 4.44. The Kier molecular flexibility index (Phi) is 5.64. The first-order valence-electron chi connectivity index (χ1n) is 4.30. The van der Waals surface area contributed by atoms with Crippen LogP contribution in [0, 0.1) is 10.8 Å². The van der Waals surface area contributed by atoms with E-state index in [1.165, 1.54) is 0 Å². The van der Waals surface area contributed by atoms with E-state index in [2.05, 4.69) is 24.4 Å². The fourth-order valence-corrected chi connectivity index (χ4v) is 1.33. The van der Waals surface area contributed by atoms with Gasteiger partial charge in [-0.05, 0) is 13.0 Å². The van der Waals surface area contributed by atoms with Gasteiger partial charge in [-0.1, -0.05) is 18.7 Å². The van der Waals surface area contributed by atoms with Crippen LogP contribution in [0.2, 0.25) is 0 Å². The number of thiol groups is 1. The lowest BCUT2D eigenvalue weighted by Gasteiger charge is -2.23. The van der Waals surface area contributed by atoms with Crippen molar-refractivity contribution in [3.8, 4) is 0 Å². The molecule has 0 saturated heterocycles. The van der Waals surface area contributed by atoms with Crippen LogP contribution < -0.4 is 0 Å². The molecule has 0 fully saturated rings. The van der Waals surface area contributed by atoms with Crippen LogP contribution >= 0.6 is 12.6 Å². The lowest BCUT2D eigenvalue weighted by molar-refractivity contribution is -0.116. The molecule has 0 bridgehead atoms. The van der Waals surface area contributed by atoms with Gasteiger partial charge in [0.25, 0.3) is 0 Å². The summed E-state index contributed by atoms with van der Waals surface area (Å²) in [7, 11) is 0. The van der Waals surface area contributed by atoms with Crippen molar-refractivity contribution in [2.45, 2.75) is 31.2 Å². The van der Waals surface area contributed by atoms with Gasteiger partial charge in [-0.25, -0.2) is 0 Å². The maximum atomic E-state index is 11.1. The molecule has 0 aliphatic carbocycles. The molecule has 0 rings (SSSR count). The zero-order valence-corrected chi connectivity index (χ0v) is 9.15. The van der Waals surface area contributed by atoms with E-state index in [4.69, 9.17) is 0 Å². The van der Waals surface area contributed by atoms with Gasteiger partial charge >= 0.3 is 0 Å². The van der Waals surface area contributed by atoms with E-state index in [1.807, 2.05) is 0 Å². The number of hydrogen-bond acceptors (Lipinski definition) is 5. The van der Waals surface area contributed by atoms with Crippen LogP contribution in [-0.4, -0.2) is 28.3 Å². The molecule has 0 radical (unpaired) electrons. The molecule has 5 heteroatoms. The zero-order valence-electron chi connectivity index (χ0n) is 8.25. The summed E-state index contributed by atoms with van der Waals surface area (Å²) in [5.41, 5.74) is 0. The quantitative estimate of drug-likeness (QED) is 0.399. The Morgan fingerprint density at radius 3 is 2.43 bits per heavy atom. The van der Waals surface area contributed by atoms with Gasteiger partial charge in [0.05, 0.1) is 17.4 Å². The SMILES string of the molecule is C=CC(=O)C(S)[C@H](O)C(C)C(C)N=O. The van der Waals surface area contributed by atoms with E-state index in [1.54, 1.807) is 13.8 Å². The number of aliphatic hydroxyl groups excluding tert-OH is 1. The highest BCUT2D eigenvalue weighted by Crippen LogP contribution is 2.18. The van der Waals surface area contributed by atoms with Crippen LogP contribution in [0.15, 0.2) is 17.8 Å². The molecule has 0 aromatic carbocycles. The standard InChI is InChI=1S/C9H15NO3S/c1-4-7(11)9(14)8(12)5(2)6(3)10-13/h4-6,8-9,12,14H,1H2,2-3H3/t5?,6?,8-,9?/m1/s1. The molecule has 0 aliphatic heterocycles. The van der Waals surface area contributed by atoms with Gasteiger partial charge in [0.15, 0.2) is 5.78 Å². The molecule has 14 heavy (non-hydrogen) atoms. The second-order valence-electron chi connectivity index (χ2n) is 3.25. The predicted molar refractivity (Wildman–Crippen MR) is 58.4 cm³/mol. The van der Waals surface area contributed by atoms with E-state index >= 15 is 0 Å². The van der Waals surface area contributed by atoms with Crippen LogP contribution in [0.1, 0.15) is 13.8 Å². The largest absolute Gasteiger partial charge is 0.391 e. The van der Waals surface area contributed by atoms with Crippen LogP contribution in [0.4, 0.5) is 0 Å². The number of carbonyl (C=O) groups excluding carboxylic acids is 1. The molecule has 0 aromatic heterocycles. The Morgan fingerprint density at radius 1 is 1.57 bits per heavy atom. The molecule has 3 unspecified atom stereocenters. The van der Waals surface area contributed by atoms with Crippen LogP contribution in [0.3, 0.4) is 0 Å². The van der Waals surface area contributed by atoms with E-state index in [0.29, 0.717) is 0 Å². The molecule has 0 saturated carbocycles. The number of nitrogens with zero attached hydrogens (tertiary/aromatic N) is 1. The van der Waals surface area contributed by atoms with Gasteiger partial charge in [-0.2, -0.15) is 17.5 Å². The average molecular weight is 217 g/mol. The Morgan fingerprint density at radius 2 is 2.07 bits per heavy atom. The Bertz CT molecular complexity index is 232. The maximum absolute atomic E-state index is 11.1. The first-order chi connectivity index (χ1) is 6.45. The smallest absolute Gasteiger partial charge is 0.170 e. The molecule has 0 aromatic rings. The fourth-order valence-electron chi connectivity index (χ4n) is 0.958. The van der Waals surface area contributed by atoms with Crippen molar-refractivity contribution in [1.82, 2.24) is 0 Å². The first kappa shape index (κ1) is 13.3. The van der Waals surface area contributed by atoms with E-state index in [0.717, 1.165) is 6.08 Å². The summed E-state index contributed by atoms with van der Waals surface area (Å²) in [5.74, 6) is -0.760. The Labute approximate surface area is 88.8 Å². The molecule has 1 N–H and O–H groups in total. The maximum Gasteiger partial charge on any atom is 0.170 e. The molecule has 0 amide bonds. The minimum absolute atomic E-state index is 0.356. The van der Waals surface area contributed by atoms with E-state index in [-0.39, 0.29) is 5.78 Å². The molecule has 80 valence electrons. The topological polar surface area (TPSA) is 66.7 Å². The number of carbonyl (C=O) groups is 1. The molecular formula is C9H15NO3S. The average Bonchev–Trinajstić information content (AvgIpc) is 2.23. The van der Waals surface area contributed by atoms with Gasteiger partial charge in [-0.15, -0.1) is 0 Å². The van der Waals surface area contributed by atoms with Crippen LogP contribution in [0.5, 0.6) is 0 Å². The van der Waals surface area contributed by atoms with Crippen molar-refractivity contribution >= 4 is 18.4 Å². The minimum atomic E-state index is -0.989. The van der Waals surface area contributed by atoms with Crippen molar-refractivity contribution in [1.29, 1.82) is 0 Å². The molecule has 0 spiro atoms. The summed E-state index contributed by atoms with van der Waals surface area (Å²) in [6.45, 7) is 6.53. The normalized spacial score (nSPS) is 19.1. The first-order valence-corrected chi connectivity index (χ1v) is 4.82. The molecular weight excluding hydrogens is 202 g/mol. The molecule has 4 atom stereocenters. The van der Waals surface area contributed by atoms with Crippen LogP contribution in [-0.2, 0) is 4.79 Å². The second kappa shape index (κ2) is 5.93. The van der Waals surface area contributed by atoms with Gasteiger partial charge in [0.1, 0.15) is 0 Å². The second-order valence-corrected chi connectivity index (χ2v) is 3.80. The summed E-state index contributed by atoms with van der Waals surface area (Å²) in [6, 6.07) is -0.544. The van der Waals surface area contributed by atoms with Crippen molar-refractivity contribution in [3.63, 3.8) is 0 Å². The van der Waals surface area contributed by atoms with Gasteiger partial charge in [-0.3, -0.25) is 4.79 Å². The third-order valence-corrected chi connectivity index (χ3v) is 2.84. The van der Waals surface area contributed by atoms with Gasteiger partial charge in [0.2, 0.25) is 0 Å². The summed E-state index contributed by atoms with van der Waals surface area (Å²) in [5, 5.41) is 11.6. The van der Waals surface area contributed by atoms with Crippen molar-refractivity contribution in [2.24, 2.45) is 11.1 Å². The van der Waals surface area contributed by atoms with E-state index < -0.39 is 23.3 Å². The third kappa shape index (κ3) is 3.23. The van der Waals surface area contributed by atoms with Crippen molar-refractivity contribution in [3.05, 3.63) is 17.6 Å². The summed E-state index contributed by atoms with van der Waals surface area (Å²) < 4.78 is 0. The number of nitroso groups, excluding NO2 is 1. The van der Waals surface area contributed by atoms with Crippen molar-refractivity contribution in [2.75, 3.05) is 0 Å². The predicted octanol–water partition coefficient (Wildman–Crippen LogP) is 1.19. The summed E-state index contributed by atoms with van der Waals surface area (Å²) in [6.07, 6.45) is 0.114. The fraction of sp³-hybridized carbons (Fsp3) is 0.667. The highest BCUT2D eigenvalue weighted by molar-refractivity contribution is 7.81. The lowest BCUT2D eigenvalue weighted by atomic mass is 9.93. The van der Waals surface area contributed by atoms with Crippen LogP contribution in [0.25, 0.3) is 0 Å². The number of aliphatic hydroxyl groups is 1. The monoisotopic (exact) mass is 217 g/mol. The van der Waals surface area contributed by atoms with Gasteiger partial charge in [0, 0.05) is 5.92 Å². The summed E-state index contributed by atoms with van der Waals surface area (Å²) >= 11 is 3.96. The number of allylic oxidation sites excluding steroid dienone is 1. The Hall–Kier alpha value is -0.680. The van der Waals surface area contributed by atoms with E-state index in [9.17, 15) is 14.8 Å². The minimum Gasteiger partial charge on any atom is -0.391 e. The van der Waals surface area contributed by atoms with Gasteiger partial charge < -0.3 is 5.11 Å². The summed E-state index contributed by atoms with van der Waals surface area (Å²) in [4.78, 5) is 21.3. The molecule has 0 heterocycles. The van der Waals surface area contributed by atoms with Crippen molar-refractivity contribution < 1.29 is 9.90 Å². The lowest BCUT2D eigenvalue weighted by Crippen LogP contribution is -2.37. The molecule has 0 aliphatic rings. The highest BCUT2D eigenvalue weighted by atomic mass is 32.1. The third-order valence-electron chi connectivity index (χ3n) is 2.28.